The van der Waals surface area contributed by atoms with Crippen molar-refractivity contribution in [1.82, 2.24) is 9.80 Å². The number of rotatable bonds is 8. The molecule has 1 aromatic heterocycles. The van der Waals surface area contributed by atoms with Gasteiger partial charge in [-0.25, -0.2) is 0 Å². The third-order valence-electron chi connectivity index (χ3n) is 4.16. The maximum atomic E-state index is 5.92. The quantitative estimate of drug-likeness (QED) is 0.744. The Morgan fingerprint density at radius 1 is 1.12 bits per heavy atom. The van der Waals surface area contributed by atoms with Crippen LogP contribution in [-0.4, -0.2) is 56.3 Å². The van der Waals surface area contributed by atoms with Gasteiger partial charge in [0.1, 0.15) is 12.4 Å². The first-order valence-electron chi connectivity index (χ1n) is 8.51. The van der Waals surface area contributed by atoms with Crippen molar-refractivity contribution in [2.24, 2.45) is 0 Å². The van der Waals surface area contributed by atoms with Gasteiger partial charge in [-0.05, 0) is 30.8 Å². The van der Waals surface area contributed by atoms with Gasteiger partial charge in [0.15, 0.2) is 0 Å². The fourth-order valence-electron chi connectivity index (χ4n) is 2.91. The van der Waals surface area contributed by atoms with Crippen molar-refractivity contribution < 1.29 is 13.9 Å². The summed E-state index contributed by atoms with van der Waals surface area (Å²) in [5, 5.41) is 0. The second-order valence-corrected chi connectivity index (χ2v) is 6.25. The Labute approximate surface area is 143 Å². The largest absolute Gasteiger partial charge is 0.492 e. The van der Waals surface area contributed by atoms with E-state index in [1.54, 1.807) is 12.5 Å². The third-order valence-corrected chi connectivity index (χ3v) is 4.16. The summed E-state index contributed by atoms with van der Waals surface area (Å²) in [7, 11) is 2.11. The number of furan rings is 1. The van der Waals surface area contributed by atoms with Gasteiger partial charge >= 0.3 is 0 Å². The highest BCUT2D eigenvalue weighted by Crippen LogP contribution is 2.16. The van der Waals surface area contributed by atoms with Gasteiger partial charge in [0, 0.05) is 38.3 Å². The molecule has 1 saturated heterocycles. The number of nitrogens with zero attached hydrogens (tertiary/aromatic N) is 2. The molecule has 130 valence electrons. The summed E-state index contributed by atoms with van der Waals surface area (Å²) in [6, 6.07) is 10.4. The van der Waals surface area contributed by atoms with E-state index >= 15 is 0 Å². The zero-order valence-electron chi connectivity index (χ0n) is 14.3. The lowest BCUT2D eigenvalue weighted by Gasteiger charge is -2.26. The molecule has 0 spiro atoms. The average Bonchev–Trinajstić information content (AvgIpc) is 3.09. The molecule has 0 radical (unpaired) electrons. The van der Waals surface area contributed by atoms with Crippen molar-refractivity contribution >= 4 is 0 Å². The van der Waals surface area contributed by atoms with Crippen molar-refractivity contribution in [2.75, 3.05) is 46.5 Å². The topological polar surface area (TPSA) is 38.1 Å². The van der Waals surface area contributed by atoms with Crippen LogP contribution in [0.3, 0.4) is 0 Å². The third kappa shape index (κ3) is 5.37. The van der Waals surface area contributed by atoms with Gasteiger partial charge < -0.3 is 13.9 Å². The van der Waals surface area contributed by atoms with Gasteiger partial charge in [-0.2, -0.15) is 0 Å². The molecule has 0 aliphatic carbocycles. The second kappa shape index (κ2) is 8.87. The molecule has 24 heavy (non-hydrogen) atoms. The van der Waals surface area contributed by atoms with Crippen LogP contribution in [0, 0.1) is 0 Å². The summed E-state index contributed by atoms with van der Waals surface area (Å²) in [6.07, 6.45) is 3.51. The highest BCUT2D eigenvalue weighted by atomic mass is 16.5. The van der Waals surface area contributed by atoms with Gasteiger partial charge in [0.25, 0.3) is 0 Å². The molecule has 0 amide bonds. The molecular formula is C19H26N2O3. The number of ether oxygens (including phenoxy) is 2. The van der Waals surface area contributed by atoms with Crippen LogP contribution < -0.4 is 4.74 Å². The summed E-state index contributed by atoms with van der Waals surface area (Å²) >= 11 is 0. The average molecular weight is 330 g/mol. The lowest BCUT2D eigenvalue weighted by Crippen LogP contribution is -2.38. The molecule has 0 N–H and O–H groups in total. The first-order valence-corrected chi connectivity index (χ1v) is 8.51. The van der Waals surface area contributed by atoms with E-state index in [-0.39, 0.29) is 0 Å². The number of hydrogen-bond donors (Lipinski definition) is 0. The van der Waals surface area contributed by atoms with Gasteiger partial charge in [-0.3, -0.25) is 9.80 Å². The monoisotopic (exact) mass is 330 g/mol. The number of morpholine rings is 1. The fraction of sp³-hybridized carbons (Fsp3) is 0.474. The number of benzene rings is 1. The minimum atomic E-state index is 0.717. The molecule has 1 fully saturated rings. The van der Waals surface area contributed by atoms with Crippen LogP contribution in [-0.2, 0) is 17.8 Å². The first kappa shape index (κ1) is 17.0. The van der Waals surface area contributed by atoms with Gasteiger partial charge in [0.2, 0.25) is 0 Å². The normalized spacial score (nSPS) is 15.8. The van der Waals surface area contributed by atoms with Crippen LogP contribution in [0.1, 0.15) is 11.1 Å². The molecule has 0 atom stereocenters. The minimum absolute atomic E-state index is 0.717. The summed E-state index contributed by atoms with van der Waals surface area (Å²) in [6.45, 7) is 7.09. The van der Waals surface area contributed by atoms with Crippen LogP contribution in [0.4, 0.5) is 0 Å². The van der Waals surface area contributed by atoms with Gasteiger partial charge in [-0.1, -0.05) is 12.1 Å². The lowest BCUT2D eigenvalue weighted by molar-refractivity contribution is 0.0322. The lowest BCUT2D eigenvalue weighted by atomic mass is 10.2. The first-order chi connectivity index (χ1) is 11.8. The zero-order chi connectivity index (χ0) is 16.6. The molecule has 2 aromatic rings. The van der Waals surface area contributed by atoms with Crippen molar-refractivity contribution in [3.05, 3.63) is 54.0 Å². The van der Waals surface area contributed by atoms with Crippen LogP contribution in [0.15, 0.2) is 47.3 Å². The van der Waals surface area contributed by atoms with Crippen LogP contribution >= 0.6 is 0 Å². The summed E-state index contributed by atoms with van der Waals surface area (Å²) in [4.78, 5) is 4.64. The van der Waals surface area contributed by atoms with Gasteiger partial charge in [0.05, 0.1) is 25.7 Å². The fourth-order valence-corrected chi connectivity index (χ4v) is 2.91. The SMILES string of the molecule is CN(Cc1ccoc1)Cc1cccc(OCCN2CCOCC2)c1. The van der Waals surface area contributed by atoms with Crippen molar-refractivity contribution in [1.29, 1.82) is 0 Å². The van der Waals surface area contributed by atoms with E-state index < -0.39 is 0 Å². The molecule has 1 aliphatic rings. The Morgan fingerprint density at radius 2 is 1.96 bits per heavy atom. The molecule has 1 aromatic carbocycles. The van der Waals surface area contributed by atoms with Crippen LogP contribution in [0.25, 0.3) is 0 Å². The molecule has 0 unspecified atom stereocenters. The molecule has 1 aliphatic heterocycles. The van der Waals surface area contributed by atoms with Crippen LogP contribution in [0.2, 0.25) is 0 Å². The van der Waals surface area contributed by atoms with E-state index in [0.717, 1.165) is 51.7 Å². The molecule has 5 heteroatoms. The van der Waals surface area contributed by atoms with Crippen molar-refractivity contribution in [3.63, 3.8) is 0 Å². The van der Waals surface area contributed by atoms with E-state index in [1.807, 2.05) is 12.1 Å². The zero-order valence-corrected chi connectivity index (χ0v) is 14.3. The molecule has 3 rings (SSSR count). The van der Waals surface area contributed by atoms with E-state index in [9.17, 15) is 0 Å². The van der Waals surface area contributed by atoms with Crippen molar-refractivity contribution in [3.8, 4) is 5.75 Å². The van der Waals surface area contributed by atoms with E-state index in [2.05, 4.69) is 35.0 Å². The molecular weight excluding hydrogens is 304 g/mol. The molecule has 5 nitrogen and oxygen atoms in total. The van der Waals surface area contributed by atoms with Crippen molar-refractivity contribution in [2.45, 2.75) is 13.1 Å². The highest BCUT2D eigenvalue weighted by Gasteiger charge is 2.10. The molecule has 2 heterocycles. The van der Waals surface area contributed by atoms with E-state index in [0.29, 0.717) is 6.61 Å². The predicted octanol–water partition coefficient (Wildman–Crippen LogP) is 2.62. The smallest absolute Gasteiger partial charge is 0.119 e. The molecule has 0 saturated carbocycles. The van der Waals surface area contributed by atoms with Gasteiger partial charge in [-0.15, -0.1) is 0 Å². The van der Waals surface area contributed by atoms with E-state index in [1.165, 1.54) is 11.1 Å². The maximum absolute atomic E-state index is 5.92. The summed E-state index contributed by atoms with van der Waals surface area (Å²) < 4.78 is 16.4. The molecule has 0 bridgehead atoms. The Kier molecular flexibility index (Phi) is 6.29. The summed E-state index contributed by atoms with van der Waals surface area (Å²) in [5.74, 6) is 0.942. The van der Waals surface area contributed by atoms with Crippen LogP contribution in [0.5, 0.6) is 5.75 Å². The highest BCUT2D eigenvalue weighted by molar-refractivity contribution is 5.28. The maximum Gasteiger partial charge on any atom is 0.119 e. The summed E-state index contributed by atoms with van der Waals surface area (Å²) in [5.41, 5.74) is 2.44. The Balaban J connectivity index is 1.44. The Bertz CT molecular complexity index is 594. The standard InChI is InChI=1S/C19H26N2O3/c1-20(15-18-5-9-23-16-18)14-17-3-2-4-19(13-17)24-12-8-21-6-10-22-11-7-21/h2-5,9,13,16H,6-8,10-12,14-15H2,1H3. The number of hydrogen-bond acceptors (Lipinski definition) is 5. The predicted molar refractivity (Wildman–Crippen MR) is 93.1 cm³/mol. The van der Waals surface area contributed by atoms with E-state index in [4.69, 9.17) is 13.9 Å². The minimum Gasteiger partial charge on any atom is -0.492 e. The Hall–Kier alpha value is -1.82. The Morgan fingerprint density at radius 3 is 2.75 bits per heavy atom. The second-order valence-electron chi connectivity index (χ2n) is 6.25.